The smallest absolute Gasteiger partial charge is 0.292 e. The minimum absolute atomic E-state index is 0.00563. The van der Waals surface area contributed by atoms with Gasteiger partial charge in [0, 0.05) is 34.9 Å². The number of pyridine rings is 1. The Hall–Kier alpha value is -5.27. The van der Waals surface area contributed by atoms with Crippen LogP contribution in [0.2, 0.25) is 5.02 Å². The molecule has 0 unspecified atom stereocenters. The molecule has 3 atom stereocenters. The monoisotopic (exact) mass is 973 g/mol. The summed E-state index contributed by atoms with van der Waals surface area (Å²) in [5.41, 5.74) is 2.32. The minimum Gasteiger partial charge on any atom is -0.397 e. The second kappa shape index (κ2) is 17.5. The number of sulfone groups is 1. The van der Waals surface area contributed by atoms with Gasteiger partial charge < -0.3 is 11.1 Å². The highest BCUT2D eigenvalue weighted by Gasteiger charge is 2.62. The van der Waals surface area contributed by atoms with Crippen LogP contribution < -0.4 is 15.8 Å². The van der Waals surface area contributed by atoms with Gasteiger partial charge in [0.25, 0.3) is 18.8 Å². The van der Waals surface area contributed by atoms with Crippen molar-refractivity contribution in [3.8, 4) is 23.0 Å². The minimum atomic E-state index is -4.04. The number of aromatic nitrogens is 3. The van der Waals surface area contributed by atoms with Crippen LogP contribution in [0.3, 0.4) is 0 Å². The van der Waals surface area contributed by atoms with Gasteiger partial charge in [0.2, 0.25) is 15.9 Å². The van der Waals surface area contributed by atoms with Crippen molar-refractivity contribution in [2.75, 3.05) is 17.5 Å². The molecule has 0 bridgehead atoms. The van der Waals surface area contributed by atoms with Gasteiger partial charge in [-0.2, -0.15) is 13.9 Å². The van der Waals surface area contributed by atoms with E-state index in [1.807, 2.05) is 0 Å². The maximum absolute atomic E-state index is 15.6. The molecule has 7 rings (SSSR count). The van der Waals surface area contributed by atoms with Crippen molar-refractivity contribution >= 4 is 59.8 Å². The Kier molecular flexibility index (Phi) is 12.8. The maximum atomic E-state index is 15.6. The van der Waals surface area contributed by atoms with E-state index in [1.54, 1.807) is 0 Å². The van der Waals surface area contributed by atoms with Crippen LogP contribution in [-0.4, -0.2) is 84.8 Å². The van der Waals surface area contributed by atoms with E-state index in [2.05, 4.69) is 37.0 Å². The molecule has 2 aromatic carbocycles. The highest BCUT2D eigenvalue weighted by molar-refractivity contribution is 7.93. The summed E-state index contributed by atoms with van der Waals surface area (Å²) in [5.74, 6) is -4.36. The van der Waals surface area contributed by atoms with Crippen LogP contribution in [0, 0.1) is 35.3 Å². The van der Waals surface area contributed by atoms with Crippen LogP contribution in [0.25, 0.3) is 22.0 Å². The number of aliphatic imine (C=N–C) groups is 1. The van der Waals surface area contributed by atoms with Crippen molar-refractivity contribution in [1.82, 2.24) is 20.1 Å². The van der Waals surface area contributed by atoms with Gasteiger partial charge in [-0.25, -0.2) is 48.2 Å². The van der Waals surface area contributed by atoms with Crippen molar-refractivity contribution in [1.29, 1.82) is 0 Å². The zero-order chi connectivity index (χ0) is 47.6. The van der Waals surface area contributed by atoms with Crippen molar-refractivity contribution in [2.24, 2.45) is 22.6 Å². The van der Waals surface area contributed by atoms with E-state index in [0.29, 0.717) is 18.9 Å². The molecule has 0 spiro atoms. The van der Waals surface area contributed by atoms with E-state index in [0.717, 1.165) is 23.1 Å². The van der Waals surface area contributed by atoms with Gasteiger partial charge in [0.1, 0.15) is 40.9 Å². The Morgan fingerprint density at radius 2 is 1.68 bits per heavy atom. The standard InChI is InChI=1S/C42H40ClF8N7O5S2/c1-41(2,64(3,60)61)13-12-23-4-7-25(26-9-11-29(43)34-37(26)58(19-31(46)47)56-40(34)57-65(62,63)24-5-6-24)36(54-23)30(16-20-14-21(44)17-22(45)15-20)55-32(59)18-53-38-33(35(52)39(48)49)27-8-10-28(27)42(38,50)51/h4,7,9,11,14-15,17,24,27-28,30-31,39H,5-6,8,10,16,18-19,52H2,1-3H3,(H,55,59)(H,56,57)/t27-,28+,30-/m0/s1. The summed E-state index contributed by atoms with van der Waals surface area (Å²) in [6.45, 7) is 0.481. The highest BCUT2D eigenvalue weighted by atomic mass is 35.5. The SMILES string of the molecule is CC(C)(C#Cc1ccc(-c2ccc(Cl)c3c(NS(=O)(=O)C4CC4)nn(CC(F)F)c23)c([C@H](Cc2cc(F)cc(F)c2)NC(=O)CN=C2C(=C(N)C(F)F)[C@H]3CC[C@H]3C2(F)F)n1)S(C)(=O)=O. The van der Waals surface area contributed by atoms with Gasteiger partial charge in [-0.15, -0.1) is 0 Å². The number of nitrogens with zero attached hydrogens (tertiary/aromatic N) is 4. The van der Waals surface area contributed by atoms with Gasteiger partial charge in [-0.05, 0) is 93.7 Å². The zero-order valence-corrected chi connectivity index (χ0v) is 37.0. The van der Waals surface area contributed by atoms with E-state index >= 15 is 8.78 Å². The summed E-state index contributed by atoms with van der Waals surface area (Å²) >= 11 is 6.62. The quantitative estimate of drug-likeness (QED) is 0.0867. The number of amides is 1. The zero-order valence-electron chi connectivity index (χ0n) is 34.6. The molecule has 4 N–H and O–H groups in total. The number of hydrogen-bond acceptors (Lipinski definition) is 9. The summed E-state index contributed by atoms with van der Waals surface area (Å²) in [7, 11) is -7.83. The average Bonchev–Trinajstić information content (AvgIpc) is 3.96. The van der Waals surface area contributed by atoms with E-state index in [9.17, 15) is 48.0 Å². The molecule has 0 radical (unpaired) electrons. The summed E-state index contributed by atoms with van der Waals surface area (Å²) in [6.07, 6.45) is -5.08. The number of anilines is 1. The number of halogens is 9. The number of rotatable bonds is 14. The van der Waals surface area contributed by atoms with Gasteiger partial charge in [0.15, 0.2) is 15.7 Å². The molecule has 3 fully saturated rings. The number of carbonyl (C=O) groups excluding carboxylic acids is 1. The number of hydrogen-bond donors (Lipinski definition) is 3. The molecule has 3 aliphatic carbocycles. The lowest BCUT2D eigenvalue weighted by Gasteiger charge is -2.32. The molecule has 0 saturated heterocycles. The Balaban J connectivity index is 1.42. The Bertz CT molecular complexity index is 2930. The summed E-state index contributed by atoms with van der Waals surface area (Å²) in [5, 5.41) is 5.75. The number of fused-ring (bicyclic) bond motifs is 2. The molecule has 0 aliphatic heterocycles. The van der Waals surface area contributed by atoms with E-state index in [-0.39, 0.29) is 62.7 Å². The second-order valence-corrected chi connectivity index (χ2v) is 21.5. The van der Waals surface area contributed by atoms with Crippen molar-refractivity contribution in [2.45, 2.75) is 87.3 Å². The molecule has 23 heteroatoms. The Morgan fingerprint density at radius 1 is 1.02 bits per heavy atom. The molecular weight excluding hydrogens is 934 g/mol. The normalized spacial score (nSPS) is 20.4. The molecule has 65 heavy (non-hydrogen) atoms. The molecule has 2 aromatic heterocycles. The fraction of sp³-hybridized carbons (Fsp3) is 0.429. The van der Waals surface area contributed by atoms with E-state index < -0.39 is 121 Å². The first-order chi connectivity index (χ1) is 30.3. The van der Waals surface area contributed by atoms with Crippen LogP contribution >= 0.6 is 11.6 Å². The first-order valence-corrected chi connectivity index (χ1v) is 23.8. The van der Waals surface area contributed by atoms with Crippen molar-refractivity contribution in [3.63, 3.8) is 0 Å². The number of sulfonamides is 1. The number of benzene rings is 2. The first-order valence-electron chi connectivity index (χ1n) is 20.0. The molecule has 3 saturated carbocycles. The summed E-state index contributed by atoms with van der Waals surface area (Å²) in [4.78, 5) is 22.4. The van der Waals surface area contributed by atoms with E-state index in [4.69, 9.17) is 17.3 Å². The summed E-state index contributed by atoms with van der Waals surface area (Å²) in [6, 6.07) is 6.25. The lowest BCUT2D eigenvalue weighted by Crippen LogP contribution is -2.37. The molecule has 12 nitrogen and oxygen atoms in total. The Morgan fingerprint density at radius 3 is 2.26 bits per heavy atom. The second-order valence-electron chi connectivity index (χ2n) is 16.6. The number of nitrogens with two attached hydrogens (primary N) is 1. The molecule has 2 heterocycles. The van der Waals surface area contributed by atoms with Gasteiger partial charge in [-0.3, -0.25) is 19.2 Å². The Labute approximate surface area is 373 Å². The number of alkyl halides is 6. The fourth-order valence-electron chi connectivity index (χ4n) is 7.81. The van der Waals surface area contributed by atoms with Crippen molar-refractivity contribution < 1.29 is 56.8 Å². The van der Waals surface area contributed by atoms with Crippen LogP contribution in [0.4, 0.5) is 40.9 Å². The summed E-state index contributed by atoms with van der Waals surface area (Å²) < 4.78 is 169. The van der Waals surface area contributed by atoms with Gasteiger partial charge in [0.05, 0.1) is 38.6 Å². The number of carbonyl (C=O) groups is 1. The lowest BCUT2D eigenvalue weighted by molar-refractivity contribution is -0.120. The maximum Gasteiger partial charge on any atom is 0.292 e. The third-order valence-electron chi connectivity index (χ3n) is 11.6. The van der Waals surface area contributed by atoms with E-state index in [1.165, 1.54) is 38.1 Å². The van der Waals surface area contributed by atoms with Crippen LogP contribution in [0.15, 0.2) is 58.7 Å². The third kappa shape index (κ3) is 9.68. The average molecular weight is 974 g/mol. The molecule has 4 aromatic rings. The van der Waals surface area contributed by atoms with Crippen LogP contribution in [0.1, 0.15) is 62.5 Å². The molecule has 348 valence electrons. The molecule has 3 aliphatic rings. The van der Waals surface area contributed by atoms with Crippen molar-refractivity contribution in [3.05, 3.63) is 87.3 Å². The predicted octanol–water partition coefficient (Wildman–Crippen LogP) is 7.37. The van der Waals surface area contributed by atoms with Crippen LogP contribution in [0.5, 0.6) is 0 Å². The predicted molar refractivity (Wildman–Crippen MR) is 227 cm³/mol. The number of nitrogens with one attached hydrogen (secondary N) is 2. The molecular formula is C42H40ClF8N7O5S2. The topological polar surface area (TPSA) is 178 Å². The van der Waals surface area contributed by atoms with Crippen LogP contribution in [-0.2, 0) is 37.6 Å². The molecule has 1 amide bonds. The highest BCUT2D eigenvalue weighted by Crippen LogP contribution is 2.57. The van der Waals surface area contributed by atoms with Gasteiger partial charge >= 0.3 is 0 Å². The first kappa shape index (κ1) is 47.7. The van der Waals surface area contributed by atoms with Gasteiger partial charge in [-0.1, -0.05) is 23.6 Å². The lowest BCUT2D eigenvalue weighted by atomic mass is 9.73. The largest absolute Gasteiger partial charge is 0.397 e. The number of allylic oxidation sites excluding steroid dienone is 2. The fourth-order valence-corrected chi connectivity index (χ4v) is 9.63. The third-order valence-corrected chi connectivity index (χ3v) is 15.7.